The van der Waals surface area contributed by atoms with Gasteiger partial charge in [-0.15, -0.1) is 0 Å². The Balaban J connectivity index is 2.42. The molecular formula is C10H9F3N2OS. The van der Waals surface area contributed by atoms with Crippen molar-refractivity contribution in [2.75, 3.05) is 11.4 Å². The number of carbonyl (C=O) groups excluding carboxylic acids is 1. The molecular weight excluding hydrogens is 253 g/mol. The third-order valence-corrected chi connectivity index (χ3v) is 2.85. The summed E-state index contributed by atoms with van der Waals surface area (Å²) in [6, 6.07) is 0.870. The molecule has 92 valence electrons. The van der Waals surface area contributed by atoms with Crippen molar-refractivity contribution in [1.29, 1.82) is 0 Å². The number of pyridine rings is 1. The molecule has 17 heavy (non-hydrogen) atoms. The van der Waals surface area contributed by atoms with Gasteiger partial charge < -0.3 is 4.90 Å². The molecule has 1 unspecified atom stereocenters. The maximum absolute atomic E-state index is 12.7. The smallest absolute Gasteiger partial charge is 0.309 e. The van der Waals surface area contributed by atoms with Crippen LogP contribution in [0.5, 0.6) is 0 Å². The van der Waals surface area contributed by atoms with Gasteiger partial charge in [0.2, 0.25) is 5.91 Å². The van der Waals surface area contributed by atoms with Crippen LogP contribution in [-0.4, -0.2) is 22.7 Å². The van der Waals surface area contributed by atoms with E-state index in [0.717, 1.165) is 23.4 Å². The molecule has 0 aromatic carbocycles. The molecule has 0 saturated carbocycles. The van der Waals surface area contributed by atoms with E-state index in [1.165, 1.54) is 0 Å². The molecule has 0 radical (unpaired) electrons. The fourth-order valence-corrected chi connectivity index (χ4v) is 2.08. The molecule has 0 spiro atoms. The van der Waals surface area contributed by atoms with Crippen LogP contribution in [0.1, 0.15) is 12.0 Å². The van der Waals surface area contributed by atoms with Crippen molar-refractivity contribution >= 4 is 24.2 Å². The minimum atomic E-state index is -4.49. The van der Waals surface area contributed by atoms with Crippen molar-refractivity contribution in [2.45, 2.75) is 17.8 Å². The predicted molar refractivity (Wildman–Crippen MR) is 59.0 cm³/mol. The van der Waals surface area contributed by atoms with Crippen LogP contribution in [0.3, 0.4) is 0 Å². The van der Waals surface area contributed by atoms with Crippen LogP contribution in [0.25, 0.3) is 0 Å². The standard InChI is InChI=1S/C10H9F3N2OS/c11-10(12,13)7-1-2-14-4-8(7)15-5-6(17)3-9(15)16/h1-2,4,6,17H,3,5H2. The van der Waals surface area contributed by atoms with E-state index >= 15 is 0 Å². The number of rotatable bonds is 1. The van der Waals surface area contributed by atoms with Gasteiger partial charge in [0.1, 0.15) is 0 Å². The SMILES string of the molecule is O=C1CC(S)CN1c1cnccc1C(F)(F)F. The average molecular weight is 262 g/mol. The molecule has 1 aromatic rings. The number of amides is 1. The summed E-state index contributed by atoms with van der Waals surface area (Å²) in [7, 11) is 0. The van der Waals surface area contributed by atoms with Gasteiger partial charge in [0.05, 0.1) is 17.4 Å². The second kappa shape index (κ2) is 4.21. The summed E-state index contributed by atoms with van der Waals surface area (Å²) in [5, 5.41) is -0.233. The monoisotopic (exact) mass is 262 g/mol. The second-order valence-electron chi connectivity index (χ2n) is 3.75. The summed E-state index contributed by atoms with van der Waals surface area (Å²) < 4.78 is 38.2. The first-order chi connectivity index (χ1) is 7.89. The minimum Gasteiger partial charge on any atom is -0.309 e. The Morgan fingerprint density at radius 2 is 2.18 bits per heavy atom. The summed E-state index contributed by atoms with van der Waals surface area (Å²) in [5.74, 6) is -0.358. The third-order valence-electron chi connectivity index (χ3n) is 2.50. The first-order valence-electron chi connectivity index (χ1n) is 4.89. The first kappa shape index (κ1) is 12.2. The molecule has 2 heterocycles. The van der Waals surface area contributed by atoms with Crippen LogP contribution in [-0.2, 0) is 11.0 Å². The van der Waals surface area contributed by atoms with Crippen LogP contribution >= 0.6 is 12.6 Å². The van der Waals surface area contributed by atoms with E-state index in [-0.39, 0.29) is 29.8 Å². The maximum atomic E-state index is 12.7. The average Bonchev–Trinajstić information content (AvgIpc) is 2.56. The maximum Gasteiger partial charge on any atom is 0.418 e. The number of aromatic nitrogens is 1. The van der Waals surface area contributed by atoms with Gasteiger partial charge in [-0.1, -0.05) is 0 Å². The number of hydrogen-bond donors (Lipinski definition) is 1. The zero-order valence-corrected chi connectivity index (χ0v) is 9.50. The van der Waals surface area contributed by atoms with E-state index in [1.807, 2.05) is 0 Å². The zero-order chi connectivity index (χ0) is 12.6. The zero-order valence-electron chi connectivity index (χ0n) is 8.61. The Morgan fingerprint density at radius 1 is 1.47 bits per heavy atom. The Hall–Kier alpha value is -1.24. The Morgan fingerprint density at radius 3 is 2.71 bits per heavy atom. The van der Waals surface area contributed by atoms with E-state index in [2.05, 4.69) is 17.6 Å². The fourth-order valence-electron chi connectivity index (χ4n) is 1.76. The number of thiol groups is 1. The highest BCUT2D eigenvalue weighted by Crippen LogP contribution is 2.37. The Labute approximate surface area is 101 Å². The molecule has 1 saturated heterocycles. The molecule has 1 aliphatic heterocycles. The lowest BCUT2D eigenvalue weighted by Gasteiger charge is -2.20. The molecule has 1 amide bonds. The van der Waals surface area contributed by atoms with Gasteiger partial charge in [0.15, 0.2) is 0 Å². The van der Waals surface area contributed by atoms with Crippen molar-refractivity contribution in [1.82, 2.24) is 4.98 Å². The van der Waals surface area contributed by atoms with Crippen molar-refractivity contribution in [3.8, 4) is 0 Å². The number of carbonyl (C=O) groups is 1. The number of nitrogens with zero attached hydrogens (tertiary/aromatic N) is 2. The molecule has 3 nitrogen and oxygen atoms in total. The van der Waals surface area contributed by atoms with E-state index in [0.29, 0.717) is 0 Å². The van der Waals surface area contributed by atoms with Gasteiger partial charge in [-0.05, 0) is 6.07 Å². The molecule has 0 N–H and O–H groups in total. The van der Waals surface area contributed by atoms with Crippen molar-refractivity contribution in [3.05, 3.63) is 24.0 Å². The minimum absolute atomic E-state index is 0.148. The lowest BCUT2D eigenvalue weighted by Crippen LogP contribution is -2.27. The molecule has 1 aromatic heterocycles. The van der Waals surface area contributed by atoms with Crippen LogP contribution in [0.15, 0.2) is 18.5 Å². The quantitative estimate of drug-likeness (QED) is 0.787. The molecule has 0 bridgehead atoms. The highest BCUT2D eigenvalue weighted by atomic mass is 32.1. The fraction of sp³-hybridized carbons (Fsp3) is 0.400. The largest absolute Gasteiger partial charge is 0.418 e. The van der Waals surface area contributed by atoms with Gasteiger partial charge in [-0.3, -0.25) is 9.78 Å². The normalized spacial score (nSPS) is 21.1. The van der Waals surface area contributed by atoms with Gasteiger partial charge in [0.25, 0.3) is 0 Å². The van der Waals surface area contributed by atoms with Gasteiger partial charge >= 0.3 is 6.18 Å². The molecule has 0 aliphatic carbocycles. The number of hydrogen-bond acceptors (Lipinski definition) is 3. The van der Waals surface area contributed by atoms with E-state index < -0.39 is 11.7 Å². The van der Waals surface area contributed by atoms with Crippen molar-refractivity contribution in [2.24, 2.45) is 0 Å². The van der Waals surface area contributed by atoms with E-state index in [4.69, 9.17) is 0 Å². The number of alkyl halides is 3. The van der Waals surface area contributed by atoms with Gasteiger partial charge in [0, 0.05) is 24.4 Å². The van der Waals surface area contributed by atoms with Crippen LogP contribution in [0.4, 0.5) is 18.9 Å². The van der Waals surface area contributed by atoms with Crippen LogP contribution in [0.2, 0.25) is 0 Å². The van der Waals surface area contributed by atoms with Crippen molar-refractivity contribution in [3.63, 3.8) is 0 Å². The molecule has 1 fully saturated rings. The number of anilines is 1. The summed E-state index contributed by atoms with van der Waals surface area (Å²) in [6.07, 6.45) is -2.22. The van der Waals surface area contributed by atoms with Crippen LogP contribution < -0.4 is 4.90 Å². The predicted octanol–water partition coefficient (Wildman–Crippen LogP) is 2.14. The molecule has 1 aliphatic rings. The topological polar surface area (TPSA) is 33.2 Å². The number of halogens is 3. The highest BCUT2D eigenvalue weighted by molar-refractivity contribution is 7.81. The summed E-state index contributed by atoms with van der Waals surface area (Å²) in [5.41, 5.74) is -1.04. The van der Waals surface area contributed by atoms with Gasteiger partial charge in [-0.2, -0.15) is 25.8 Å². The van der Waals surface area contributed by atoms with E-state index in [1.54, 1.807) is 0 Å². The van der Waals surface area contributed by atoms with E-state index in [9.17, 15) is 18.0 Å². The summed E-state index contributed by atoms with van der Waals surface area (Å²) in [4.78, 5) is 16.3. The lowest BCUT2D eigenvalue weighted by atomic mass is 10.2. The third kappa shape index (κ3) is 2.38. The Bertz CT molecular complexity index is 449. The first-order valence-corrected chi connectivity index (χ1v) is 5.41. The lowest BCUT2D eigenvalue weighted by molar-refractivity contribution is -0.137. The summed E-state index contributed by atoms with van der Waals surface area (Å²) in [6.45, 7) is 0.177. The molecule has 2 rings (SSSR count). The van der Waals surface area contributed by atoms with Crippen LogP contribution in [0, 0.1) is 0 Å². The molecule has 1 atom stereocenters. The Kier molecular flexibility index (Phi) is 3.03. The molecule has 7 heteroatoms. The second-order valence-corrected chi connectivity index (χ2v) is 4.48. The highest BCUT2D eigenvalue weighted by Gasteiger charge is 2.38. The van der Waals surface area contributed by atoms with Crippen molar-refractivity contribution < 1.29 is 18.0 Å². The summed E-state index contributed by atoms with van der Waals surface area (Å²) >= 11 is 4.10. The van der Waals surface area contributed by atoms with Gasteiger partial charge in [-0.25, -0.2) is 0 Å².